The first-order valence-electron chi connectivity index (χ1n) is 23.2. The zero-order chi connectivity index (χ0) is 47.2. The van der Waals surface area contributed by atoms with Gasteiger partial charge in [0.25, 0.3) is 5.69 Å². The van der Waals surface area contributed by atoms with Gasteiger partial charge in [-0.3, -0.25) is 15.1 Å². The summed E-state index contributed by atoms with van der Waals surface area (Å²) >= 11 is 0. The number of carbonyl (C=O) groups is 1. The Balaban J connectivity index is 1.30. The van der Waals surface area contributed by atoms with Crippen molar-refractivity contribution in [3.63, 3.8) is 0 Å². The molecule has 3 aromatic carbocycles. The largest absolute Gasteiger partial charge is 0.487 e. The van der Waals surface area contributed by atoms with Crippen LogP contribution >= 0.6 is 0 Å². The summed E-state index contributed by atoms with van der Waals surface area (Å²) in [5.41, 5.74) is 5.71. The predicted octanol–water partition coefficient (Wildman–Crippen LogP) is 9.00. The fourth-order valence-electron chi connectivity index (χ4n) is 9.73. The number of fused-ring (bicyclic) bond motifs is 2. The second kappa shape index (κ2) is 23.5. The molecule has 0 unspecified atom stereocenters. The predicted molar refractivity (Wildman–Crippen MR) is 251 cm³/mol. The third-order valence-corrected chi connectivity index (χ3v) is 12.9. The molecule has 15 nitrogen and oxygen atoms in total. The van der Waals surface area contributed by atoms with Gasteiger partial charge in [-0.25, -0.2) is 4.79 Å². The highest BCUT2D eigenvalue weighted by atomic mass is 16.7. The van der Waals surface area contributed by atoms with E-state index in [1.54, 1.807) is 25.3 Å². The maximum absolute atomic E-state index is 14.2. The highest BCUT2D eigenvalue weighted by molar-refractivity contribution is 6.03. The van der Waals surface area contributed by atoms with Crippen LogP contribution in [-0.2, 0) is 38.9 Å². The van der Waals surface area contributed by atoms with Gasteiger partial charge in [0, 0.05) is 56.0 Å². The number of hydrogen-bond donors (Lipinski definition) is 2. The molecule has 1 amide bonds. The Bertz CT molecular complexity index is 2340. The van der Waals surface area contributed by atoms with E-state index in [2.05, 4.69) is 17.6 Å². The molecule has 356 valence electrons. The molecular formula is C52H62N4O11. The average Bonchev–Trinajstić information content (AvgIpc) is 3.34. The molecule has 0 bridgehead atoms. The van der Waals surface area contributed by atoms with Gasteiger partial charge in [-0.2, -0.15) is 0 Å². The monoisotopic (exact) mass is 918 g/mol. The lowest BCUT2D eigenvalue weighted by atomic mass is 9.55. The number of allylic oxidation sites excluding steroid dienone is 1. The van der Waals surface area contributed by atoms with Crippen LogP contribution in [0, 0.1) is 34.8 Å². The first-order chi connectivity index (χ1) is 32.6. The molecule has 3 aliphatic rings. The smallest absolute Gasteiger partial charge is 0.410 e. The van der Waals surface area contributed by atoms with Gasteiger partial charge < -0.3 is 43.6 Å². The Hall–Kier alpha value is -6.13. The fourth-order valence-corrected chi connectivity index (χ4v) is 9.73. The number of pyridine rings is 1. The minimum absolute atomic E-state index is 0.00193. The number of nitro benzene ring substituents is 1. The molecule has 1 aromatic heterocycles. The van der Waals surface area contributed by atoms with Gasteiger partial charge in [0.1, 0.15) is 37.4 Å². The maximum atomic E-state index is 14.2. The number of unbranched alkanes of at least 4 members (excludes halogenated alkanes) is 2. The van der Waals surface area contributed by atoms with Gasteiger partial charge in [-0.05, 0) is 104 Å². The molecule has 7 rings (SSSR count). The van der Waals surface area contributed by atoms with E-state index in [0.717, 1.165) is 53.8 Å². The summed E-state index contributed by atoms with van der Waals surface area (Å²) in [5, 5.41) is 36.1. The van der Waals surface area contributed by atoms with E-state index in [4.69, 9.17) is 33.7 Å². The number of aliphatic hydroxyl groups excluding tert-OH is 2. The number of carbonyl (C=O) groups excluding carboxylic acids is 1. The lowest BCUT2D eigenvalue weighted by molar-refractivity contribution is -0.384. The van der Waals surface area contributed by atoms with Gasteiger partial charge in [-0.15, -0.1) is 6.58 Å². The Kier molecular flexibility index (Phi) is 17.1. The number of benzene rings is 3. The number of aromatic nitrogens is 1. The average molecular weight is 919 g/mol. The molecule has 4 aromatic rings. The second-order valence-electron chi connectivity index (χ2n) is 17.3. The molecule has 1 saturated carbocycles. The van der Waals surface area contributed by atoms with Gasteiger partial charge in [0.15, 0.2) is 0 Å². The van der Waals surface area contributed by atoms with Gasteiger partial charge in [0.05, 0.1) is 42.1 Å². The summed E-state index contributed by atoms with van der Waals surface area (Å²) < 4.78 is 32.4. The summed E-state index contributed by atoms with van der Waals surface area (Å²) in [6.45, 7) is 7.02. The normalized spacial score (nSPS) is 22.1. The minimum Gasteiger partial charge on any atom is -0.487 e. The number of likely N-dealkylation sites (N-methyl/N-ethyl adjacent to an activating group) is 1. The van der Waals surface area contributed by atoms with Crippen LogP contribution in [0.5, 0.6) is 11.5 Å². The van der Waals surface area contributed by atoms with Crippen LogP contribution in [-0.4, -0.2) is 88.7 Å². The highest BCUT2D eigenvalue weighted by Crippen LogP contribution is 2.62. The van der Waals surface area contributed by atoms with Gasteiger partial charge in [-0.1, -0.05) is 66.5 Å². The first-order valence-corrected chi connectivity index (χ1v) is 23.2. The van der Waals surface area contributed by atoms with E-state index in [0.29, 0.717) is 42.2 Å². The summed E-state index contributed by atoms with van der Waals surface area (Å²) in [6.07, 6.45) is 7.82. The van der Waals surface area contributed by atoms with Crippen LogP contribution in [0.2, 0.25) is 0 Å². The molecule has 2 heterocycles. The molecule has 6 atom stereocenters. The zero-order valence-corrected chi connectivity index (χ0v) is 38.4. The molecule has 0 radical (unpaired) electrons. The zero-order valence-electron chi connectivity index (χ0n) is 38.4. The van der Waals surface area contributed by atoms with E-state index in [9.17, 15) is 25.1 Å². The van der Waals surface area contributed by atoms with Gasteiger partial charge >= 0.3 is 6.09 Å². The molecule has 15 heteroatoms. The second-order valence-corrected chi connectivity index (χ2v) is 17.3. The number of hydrogen-bond acceptors (Lipinski definition) is 13. The van der Waals surface area contributed by atoms with E-state index >= 15 is 0 Å². The molecule has 0 saturated heterocycles. The Morgan fingerprint density at radius 1 is 0.955 bits per heavy atom. The number of non-ortho nitro benzene ring substituents is 1. The Morgan fingerprint density at radius 3 is 2.45 bits per heavy atom. The SMILES string of the molecule is C=CCO[C@@]12Oc3ccc(OCc4cccc(C)n4)cc3[C@H]3[C@H](CCCCO)[C@@H](CCCCO)C=C(C(=NOCc4ccc([N+](=O)[O-])cc4)C[C@@H]1N(C)C(=O)OCCOCc1ccccc1)[C@H]32. The highest BCUT2D eigenvalue weighted by Gasteiger charge is 2.65. The summed E-state index contributed by atoms with van der Waals surface area (Å²) in [6, 6.07) is 26.7. The van der Waals surface area contributed by atoms with Crippen molar-refractivity contribution in [2.45, 2.75) is 89.4 Å². The van der Waals surface area contributed by atoms with Crippen molar-refractivity contribution in [3.05, 3.63) is 153 Å². The molecule has 2 aliphatic carbocycles. The Morgan fingerprint density at radius 2 is 1.72 bits per heavy atom. The van der Waals surface area contributed by atoms with Crippen LogP contribution in [0.4, 0.5) is 10.5 Å². The first kappa shape index (κ1) is 48.8. The fraction of sp³-hybridized carbons (Fsp3) is 0.442. The number of rotatable bonds is 24. The van der Waals surface area contributed by atoms with E-state index < -0.39 is 28.8 Å². The quantitative estimate of drug-likeness (QED) is 0.0295. The lowest BCUT2D eigenvalue weighted by Crippen LogP contribution is -2.69. The molecule has 1 fully saturated rings. The van der Waals surface area contributed by atoms with Crippen molar-refractivity contribution in [1.29, 1.82) is 0 Å². The van der Waals surface area contributed by atoms with Crippen molar-refractivity contribution in [3.8, 4) is 11.5 Å². The van der Waals surface area contributed by atoms with Crippen molar-refractivity contribution >= 4 is 17.5 Å². The van der Waals surface area contributed by atoms with Crippen LogP contribution in [0.15, 0.2) is 120 Å². The van der Waals surface area contributed by atoms with E-state index in [1.807, 2.05) is 73.7 Å². The number of ether oxygens (including phenoxy) is 5. The molecule has 67 heavy (non-hydrogen) atoms. The van der Waals surface area contributed by atoms with E-state index in [-0.39, 0.29) is 76.1 Å². The standard InChI is InChI=1S/C52H62N4O11/c1-4-27-65-52-48(55(3)51(59)63-29-28-62-33-37-14-6-5-7-15-37)32-46(54-66-34-38-19-21-41(22-20-38)56(60)61)44-30-39(16-8-10-25-57)43(18-9-11-26-58)49(50(44)52)45-31-42(23-24-47(45)67-52)64-35-40-17-12-13-36(2)53-40/h4-7,12-15,17,19-24,30-31,39,43,48-50,57-58H,1,8-11,16,18,25-29,32-35H2,2-3H3/t39-,43+,48-,49+,50+,52+/m0/s1. The van der Waals surface area contributed by atoms with Crippen LogP contribution < -0.4 is 9.47 Å². The molecule has 1 aliphatic heterocycles. The number of nitrogens with zero attached hydrogens (tertiary/aromatic N) is 4. The number of amides is 1. The van der Waals surface area contributed by atoms with E-state index in [1.165, 1.54) is 17.0 Å². The van der Waals surface area contributed by atoms with Crippen LogP contribution in [0.1, 0.15) is 78.9 Å². The van der Waals surface area contributed by atoms with Crippen molar-refractivity contribution in [2.75, 3.05) is 40.1 Å². The molecule has 2 N–H and O–H groups in total. The van der Waals surface area contributed by atoms with Crippen LogP contribution in [0.3, 0.4) is 0 Å². The molecular weight excluding hydrogens is 857 g/mol. The Labute approximate surface area is 392 Å². The number of nitro groups is 1. The van der Waals surface area contributed by atoms with Crippen molar-refractivity contribution in [1.82, 2.24) is 9.88 Å². The lowest BCUT2D eigenvalue weighted by Gasteiger charge is -2.59. The van der Waals surface area contributed by atoms with Crippen molar-refractivity contribution in [2.24, 2.45) is 22.9 Å². The number of aryl methyl sites for hydroxylation is 1. The summed E-state index contributed by atoms with van der Waals surface area (Å²) in [4.78, 5) is 37.4. The third kappa shape index (κ3) is 11.9. The van der Waals surface area contributed by atoms with Crippen LogP contribution in [0.25, 0.3) is 0 Å². The third-order valence-electron chi connectivity index (χ3n) is 12.9. The number of aliphatic hydroxyl groups is 2. The van der Waals surface area contributed by atoms with Crippen molar-refractivity contribution < 1.29 is 48.5 Å². The number of oxime groups is 1. The molecule has 0 spiro atoms. The van der Waals surface area contributed by atoms with Gasteiger partial charge in [0.2, 0.25) is 5.79 Å². The summed E-state index contributed by atoms with van der Waals surface area (Å²) in [5.74, 6) is -1.06. The summed E-state index contributed by atoms with van der Waals surface area (Å²) in [7, 11) is 1.67. The maximum Gasteiger partial charge on any atom is 0.410 e. The topological polar surface area (TPSA) is 185 Å². The minimum atomic E-state index is -1.48.